The van der Waals surface area contributed by atoms with Crippen molar-refractivity contribution in [1.29, 1.82) is 0 Å². The van der Waals surface area contributed by atoms with Gasteiger partial charge >= 0.3 is 5.97 Å². The van der Waals surface area contributed by atoms with Crippen LogP contribution in [-0.2, 0) is 32.5 Å². The molecule has 0 fully saturated rings. The van der Waals surface area contributed by atoms with E-state index in [4.69, 9.17) is 0 Å². The molecule has 1 heterocycles. The summed E-state index contributed by atoms with van der Waals surface area (Å²) in [5.74, 6) is -1.42. The molecule has 0 aliphatic carbocycles. The van der Waals surface area contributed by atoms with Crippen molar-refractivity contribution in [3.8, 4) is 0 Å². The van der Waals surface area contributed by atoms with Crippen molar-refractivity contribution in [3.63, 3.8) is 0 Å². The molecule has 2 aromatic carbocycles. The molecule has 0 aromatic heterocycles. The van der Waals surface area contributed by atoms with Gasteiger partial charge in [0, 0.05) is 19.2 Å². The van der Waals surface area contributed by atoms with E-state index < -0.39 is 22.0 Å². The van der Waals surface area contributed by atoms with Crippen LogP contribution in [-0.4, -0.2) is 38.0 Å². The number of carbonyl (C=O) groups excluding carboxylic acids is 1. The highest BCUT2D eigenvalue weighted by molar-refractivity contribution is 7.89. The standard InChI is InChI=1S/C19H20N2O5S/c1-13(22)21-10-9-15-7-8-16(12-18(15)21)27(25,26)20-17(19(23)24)11-14-5-3-2-4-6-14/h2-8,12,17,20H,9-11H2,1H3,(H,23,24)/t17-/m1/s1. The first-order valence-electron chi connectivity index (χ1n) is 8.48. The monoisotopic (exact) mass is 388 g/mol. The fourth-order valence-electron chi connectivity index (χ4n) is 3.14. The first-order valence-corrected chi connectivity index (χ1v) is 9.96. The highest BCUT2D eigenvalue weighted by atomic mass is 32.2. The molecule has 0 spiro atoms. The Kier molecular flexibility index (Phi) is 5.29. The summed E-state index contributed by atoms with van der Waals surface area (Å²) < 4.78 is 27.7. The van der Waals surface area contributed by atoms with Crippen LogP contribution in [0.5, 0.6) is 0 Å². The van der Waals surface area contributed by atoms with Crippen LogP contribution in [0.25, 0.3) is 0 Å². The van der Waals surface area contributed by atoms with E-state index in [0.717, 1.165) is 5.56 Å². The van der Waals surface area contributed by atoms with Crippen LogP contribution in [0.3, 0.4) is 0 Å². The fourth-order valence-corrected chi connectivity index (χ4v) is 4.35. The lowest BCUT2D eigenvalue weighted by atomic mass is 10.1. The normalized spacial score (nSPS) is 14.6. The second-order valence-corrected chi connectivity index (χ2v) is 8.13. The summed E-state index contributed by atoms with van der Waals surface area (Å²) >= 11 is 0. The third-order valence-electron chi connectivity index (χ3n) is 4.52. The average molecular weight is 388 g/mol. The van der Waals surface area contributed by atoms with E-state index in [1.165, 1.54) is 24.0 Å². The molecule has 7 nitrogen and oxygen atoms in total. The number of sulfonamides is 1. The van der Waals surface area contributed by atoms with E-state index in [-0.39, 0.29) is 17.2 Å². The number of hydrogen-bond donors (Lipinski definition) is 2. The van der Waals surface area contributed by atoms with Crippen LogP contribution in [0.15, 0.2) is 53.4 Å². The molecule has 0 bridgehead atoms. The van der Waals surface area contributed by atoms with Crippen molar-refractivity contribution in [2.24, 2.45) is 0 Å². The second-order valence-electron chi connectivity index (χ2n) is 6.41. The summed E-state index contributed by atoms with van der Waals surface area (Å²) in [6.45, 7) is 1.93. The average Bonchev–Trinajstić information content (AvgIpc) is 3.05. The predicted molar refractivity (Wildman–Crippen MR) is 100 cm³/mol. The summed E-state index contributed by atoms with van der Waals surface area (Å²) in [5, 5.41) is 9.43. The fraction of sp³-hybridized carbons (Fsp3) is 0.263. The molecule has 27 heavy (non-hydrogen) atoms. The van der Waals surface area contributed by atoms with Crippen LogP contribution in [0, 0.1) is 0 Å². The van der Waals surface area contributed by atoms with Gasteiger partial charge in [-0.15, -0.1) is 0 Å². The van der Waals surface area contributed by atoms with Crippen molar-refractivity contribution in [3.05, 3.63) is 59.7 Å². The van der Waals surface area contributed by atoms with Gasteiger partial charge in [0.05, 0.1) is 4.90 Å². The lowest BCUT2D eigenvalue weighted by Gasteiger charge is -2.18. The molecule has 8 heteroatoms. The second kappa shape index (κ2) is 7.50. The molecule has 1 aliphatic heterocycles. The molecule has 2 aromatic rings. The van der Waals surface area contributed by atoms with Crippen molar-refractivity contribution >= 4 is 27.6 Å². The van der Waals surface area contributed by atoms with Gasteiger partial charge in [-0.05, 0) is 36.1 Å². The summed E-state index contributed by atoms with van der Waals surface area (Å²) in [7, 11) is -4.06. The number of anilines is 1. The van der Waals surface area contributed by atoms with Crippen LogP contribution < -0.4 is 9.62 Å². The summed E-state index contributed by atoms with van der Waals surface area (Å²) in [5.41, 5.74) is 2.16. The minimum Gasteiger partial charge on any atom is -0.480 e. The van der Waals surface area contributed by atoms with Gasteiger partial charge in [-0.2, -0.15) is 4.72 Å². The third kappa shape index (κ3) is 4.17. The number of nitrogens with one attached hydrogen (secondary N) is 1. The van der Waals surface area contributed by atoms with Gasteiger partial charge < -0.3 is 10.0 Å². The smallest absolute Gasteiger partial charge is 0.322 e. The SMILES string of the molecule is CC(=O)N1CCc2ccc(S(=O)(=O)N[C@H](Cc3ccccc3)C(=O)O)cc21. The Bertz CT molecular complexity index is 973. The zero-order valence-electron chi connectivity index (χ0n) is 14.8. The van der Waals surface area contributed by atoms with Crippen LogP contribution in [0.2, 0.25) is 0 Å². The van der Waals surface area contributed by atoms with Gasteiger partial charge in [-0.3, -0.25) is 9.59 Å². The number of aliphatic carboxylic acids is 1. The number of rotatable bonds is 6. The molecule has 0 saturated heterocycles. The van der Waals surface area contributed by atoms with E-state index in [2.05, 4.69) is 4.72 Å². The highest BCUT2D eigenvalue weighted by Crippen LogP contribution is 2.30. The highest BCUT2D eigenvalue weighted by Gasteiger charge is 2.28. The van der Waals surface area contributed by atoms with Crippen molar-refractivity contribution < 1.29 is 23.1 Å². The maximum absolute atomic E-state index is 12.7. The summed E-state index contributed by atoms with van der Waals surface area (Å²) in [6.07, 6.45) is 0.689. The third-order valence-corrected chi connectivity index (χ3v) is 5.99. The molecule has 2 N–H and O–H groups in total. The van der Waals surface area contributed by atoms with Crippen LogP contribution >= 0.6 is 0 Å². The number of carbonyl (C=O) groups is 2. The van der Waals surface area contributed by atoms with Crippen LogP contribution in [0.4, 0.5) is 5.69 Å². The molecular formula is C19H20N2O5S. The van der Waals surface area contributed by atoms with E-state index >= 15 is 0 Å². The lowest BCUT2D eigenvalue weighted by Crippen LogP contribution is -2.42. The maximum atomic E-state index is 12.7. The Balaban J connectivity index is 1.86. The topological polar surface area (TPSA) is 104 Å². The minimum absolute atomic E-state index is 0.0277. The Morgan fingerprint density at radius 2 is 1.89 bits per heavy atom. The number of fused-ring (bicyclic) bond motifs is 1. The van der Waals surface area contributed by atoms with E-state index in [1.54, 1.807) is 36.4 Å². The zero-order chi connectivity index (χ0) is 19.6. The Labute approximate surface area is 157 Å². The maximum Gasteiger partial charge on any atom is 0.322 e. The van der Waals surface area contributed by atoms with E-state index in [0.29, 0.717) is 24.2 Å². The number of benzene rings is 2. The van der Waals surface area contributed by atoms with Crippen LogP contribution in [0.1, 0.15) is 18.1 Å². The van der Waals surface area contributed by atoms with E-state index in [1.807, 2.05) is 0 Å². The van der Waals surface area contributed by atoms with Crippen molar-refractivity contribution in [1.82, 2.24) is 4.72 Å². The number of amides is 1. The summed E-state index contributed by atoms with van der Waals surface area (Å²) in [6, 6.07) is 12.0. The molecule has 0 radical (unpaired) electrons. The molecule has 3 rings (SSSR count). The van der Waals surface area contributed by atoms with Gasteiger partial charge in [-0.25, -0.2) is 8.42 Å². The predicted octanol–water partition coefficient (Wildman–Crippen LogP) is 1.57. The van der Waals surface area contributed by atoms with Crippen molar-refractivity contribution in [2.45, 2.75) is 30.7 Å². The van der Waals surface area contributed by atoms with Gasteiger partial charge in [-0.1, -0.05) is 36.4 Å². The number of hydrogen-bond acceptors (Lipinski definition) is 4. The number of carboxylic acids is 1. The first kappa shape index (κ1) is 19.1. The molecule has 1 atom stereocenters. The molecular weight excluding hydrogens is 368 g/mol. The molecule has 1 amide bonds. The first-order chi connectivity index (χ1) is 12.8. The molecule has 1 aliphatic rings. The Morgan fingerprint density at radius 3 is 2.52 bits per heavy atom. The van der Waals surface area contributed by atoms with E-state index in [9.17, 15) is 23.1 Å². The summed E-state index contributed by atoms with van der Waals surface area (Å²) in [4.78, 5) is 24.7. The van der Waals surface area contributed by atoms with Gasteiger partial charge in [0.25, 0.3) is 0 Å². The van der Waals surface area contributed by atoms with Gasteiger partial charge in [0.15, 0.2) is 0 Å². The Morgan fingerprint density at radius 1 is 1.19 bits per heavy atom. The molecule has 142 valence electrons. The van der Waals surface area contributed by atoms with Gasteiger partial charge in [0.1, 0.15) is 6.04 Å². The number of nitrogens with zero attached hydrogens (tertiary/aromatic N) is 1. The largest absolute Gasteiger partial charge is 0.480 e. The molecule has 0 unspecified atom stereocenters. The van der Waals surface area contributed by atoms with Crippen molar-refractivity contribution in [2.75, 3.05) is 11.4 Å². The Hall–Kier alpha value is -2.71. The zero-order valence-corrected chi connectivity index (χ0v) is 15.6. The lowest BCUT2D eigenvalue weighted by molar-refractivity contribution is -0.138. The van der Waals surface area contributed by atoms with Gasteiger partial charge in [0.2, 0.25) is 15.9 Å². The molecule has 0 saturated carbocycles. The quantitative estimate of drug-likeness (QED) is 0.782. The number of carboxylic acid groups (broad SMARTS) is 1. The minimum atomic E-state index is -4.06.